The number of hydrogen-bond acceptors (Lipinski definition) is 3. The van der Waals surface area contributed by atoms with Gasteiger partial charge in [0.25, 0.3) is 0 Å². The molecule has 0 fully saturated rings. The van der Waals surface area contributed by atoms with Crippen molar-refractivity contribution < 1.29 is 22.7 Å². The van der Waals surface area contributed by atoms with Crippen molar-refractivity contribution in [1.29, 1.82) is 0 Å². The molecule has 0 atom stereocenters. The molecular formula is C10H10BrF3N2O2. The molecule has 0 saturated carbocycles. The van der Waals surface area contributed by atoms with E-state index in [0.29, 0.717) is 15.8 Å². The average Bonchev–Trinajstić information content (AvgIpc) is 2.21. The Morgan fingerprint density at radius 2 is 2.11 bits per heavy atom. The van der Waals surface area contributed by atoms with Crippen LogP contribution in [0.15, 0.2) is 22.7 Å². The highest BCUT2D eigenvalue weighted by Gasteiger charge is 2.27. The minimum atomic E-state index is -4.44. The Hall–Kier alpha value is -1.28. The van der Waals surface area contributed by atoms with E-state index in [1.165, 1.54) is 6.07 Å². The van der Waals surface area contributed by atoms with Gasteiger partial charge >= 0.3 is 6.18 Å². The second kappa shape index (κ2) is 6.05. The van der Waals surface area contributed by atoms with Crippen LogP contribution in [0.3, 0.4) is 0 Å². The molecule has 3 N–H and O–H groups in total. The highest BCUT2D eigenvalue weighted by atomic mass is 79.9. The Morgan fingerprint density at radius 3 is 2.67 bits per heavy atom. The lowest BCUT2D eigenvalue weighted by Crippen LogP contribution is -2.24. The van der Waals surface area contributed by atoms with Gasteiger partial charge in [-0.3, -0.25) is 4.79 Å². The number of carbonyl (C=O) groups excluding carboxylic acids is 1. The Morgan fingerprint density at radius 1 is 1.44 bits per heavy atom. The van der Waals surface area contributed by atoms with Crippen LogP contribution in [0.1, 0.15) is 0 Å². The van der Waals surface area contributed by atoms with Crippen LogP contribution in [0, 0.1) is 0 Å². The summed E-state index contributed by atoms with van der Waals surface area (Å²) in [6.07, 6.45) is -4.44. The molecule has 0 spiro atoms. The predicted molar refractivity (Wildman–Crippen MR) is 64.1 cm³/mol. The fourth-order valence-electron chi connectivity index (χ4n) is 1.08. The van der Waals surface area contributed by atoms with E-state index in [-0.39, 0.29) is 0 Å². The summed E-state index contributed by atoms with van der Waals surface area (Å²) >= 11 is 3.17. The van der Waals surface area contributed by atoms with Crippen molar-refractivity contribution in [2.24, 2.45) is 0 Å². The molecule has 0 bridgehead atoms. The van der Waals surface area contributed by atoms with E-state index in [4.69, 9.17) is 5.73 Å². The minimum absolute atomic E-state index is 0.385. The quantitative estimate of drug-likeness (QED) is 0.836. The van der Waals surface area contributed by atoms with E-state index in [1.54, 1.807) is 12.1 Å². The van der Waals surface area contributed by atoms with E-state index in [1.807, 2.05) is 0 Å². The van der Waals surface area contributed by atoms with E-state index < -0.39 is 25.3 Å². The maximum absolute atomic E-state index is 11.8. The maximum Gasteiger partial charge on any atom is 0.411 e. The third-order valence-corrected chi connectivity index (χ3v) is 2.50. The van der Waals surface area contributed by atoms with Gasteiger partial charge in [0.15, 0.2) is 0 Å². The van der Waals surface area contributed by atoms with Gasteiger partial charge in [-0.05, 0) is 34.1 Å². The molecule has 18 heavy (non-hydrogen) atoms. The molecule has 0 saturated heterocycles. The van der Waals surface area contributed by atoms with Crippen molar-refractivity contribution in [1.82, 2.24) is 0 Å². The van der Waals surface area contributed by atoms with Crippen molar-refractivity contribution >= 4 is 33.2 Å². The van der Waals surface area contributed by atoms with E-state index >= 15 is 0 Å². The first kappa shape index (κ1) is 14.8. The maximum atomic E-state index is 11.8. The van der Waals surface area contributed by atoms with E-state index in [9.17, 15) is 18.0 Å². The summed E-state index contributed by atoms with van der Waals surface area (Å²) in [6.45, 7) is -2.13. The molecule has 1 aromatic carbocycles. The van der Waals surface area contributed by atoms with E-state index in [2.05, 4.69) is 26.0 Å². The van der Waals surface area contributed by atoms with Crippen molar-refractivity contribution in [3.8, 4) is 0 Å². The molecule has 0 unspecified atom stereocenters. The predicted octanol–water partition coefficient (Wildman–Crippen LogP) is 2.55. The zero-order valence-electron chi connectivity index (χ0n) is 9.05. The first-order valence-electron chi connectivity index (χ1n) is 4.77. The normalized spacial score (nSPS) is 11.3. The molecule has 0 aliphatic carbocycles. The number of amides is 1. The number of nitrogens with one attached hydrogen (secondary N) is 1. The number of nitrogen functional groups attached to an aromatic ring is 1. The fourth-order valence-corrected chi connectivity index (χ4v) is 1.32. The lowest BCUT2D eigenvalue weighted by Gasteiger charge is -2.09. The topological polar surface area (TPSA) is 64.3 Å². The number of rotatable bonds is 4. The summed E-state index contributed by atoms with van der Waals surface area (Å²) in [5, 5.41) is 2.36. The van der Waals surface area contributed by atoms with Crippen molar-refractivity contribution in [3.05, 3.63) is 22.7 Å². The van der Waals surface area contributed by atoms with Crippen LogP contribution in [0.5, 0.6) is 0 Å². The summed E-state index contributed by atoms with van der Waals surface area (Å²) in [5.41, 5.74) is 6.37. The van der Waals surface area contributed by atoms with Crippen LogP contribution in [-0.2, 0) is 9.53 Å². The SMILES string of the molecule is Nc1cc(NC(=O)COCC(F)(F)F)ccc1Br. The van der Waals surface area contributed by atoms with Crippen LogP contribution in [-0.4, -0.2) is 25.3 Å². The molecule has 0 heterocycles. The molecule has 0 aliphatic heterocycles. The fraction of sp³-hybridized carbons (Fsp3) is 0.300. The molecule has 8 heteroatoms. The number of alkyl halides is 3. The first-order chi connectivity index (χ1) is 8.28. The molecule has 4 nitrogen and oxygen atoms in total. The largest absolute Gasteiger partial charge is 0.411 e. The van der Waals surface area contributed by atoms with Crippen LogP contribution in [0.4, 0.5) is 24.5 Å². The van der Waals surface area contributed by atoms with Gasteiger partial charge < -0.3 is 15.8 Å². The highest BCUT2D eigenvalue weighted by Crippen LogP contribution is 2.22. The highest BCUT2D eigenvalue weighted by molar-refractivity contribution is 9.10. The molecule has 0 radical (unpaired) electrons. The second-order valence-electron chi connectivity index (χ2n) is 3.39. The number of ether oxygens (including phenoxy) is 1. The van der Waals surface area contributed by atoms with Gasteiger partial charge in [0.1, 0.15) is 13.2 Å². The molecule has 0 aliphatic rings. The van der Waals surface area contributed by atoms with E-state index in [0.717, 1.165) is 0 Å². The third-order valence-electron chi connectivity index (χ3n) is 1.78. The summed E-state index contributed by atoms with van der Waals surface area (Å²) in [7, 11) is 0. The zero-order valence-corrected chi connectivity index (χ0v) is 10.6. The van der Waals surface area contributed by atoms with Gasteiger partial charge in [-0.2, -0.15) is 13.2 Å². The molecule has 1 amide bonds. The minimum Gasteiger partial charge on any atom is -0.398 e. The molecular weight excluding hydrogens is 317 g/mol. The number of halogens is 4. The van der Waals surface area contributed by atoms with Gasteiger partial charge in [-0.15, -0.1) is 0 Å². The van der Waals surface area contributed by atoms with Crippen LogP contribution in [0.2, 0.25) is 0 Å². The number of nitrogens with two attached hydrogens (primary N) is 1. The summed E-state index contributed by atoms with van der Waals surface area (Å²) < 4.78 is 40.1. The zero-order chi connectivity index (χ0) is 13.8. The molecule has 0 aromatic heterocycles. The van der Waals surface area contributed by atoms with Crippen LogP contribution in [0.25, 0.3) is 0 Å². The van der Waals surface area contributed by atoms with Gasteiger partial charge in [0.05, 0.1) is 0 Å². The van der Waals surface area contributed by atoms with Crippen molar-refractivity contribution in [2.45, 2.75) is 6.18 Å². The molecule has 100 valence electrons. The number of benzene rings is 1. The average molecular weight is 327 g/mol. The van der Waals surface area contributed by atoms with Crippen LogP contribution < -0.4 is 11.1 Å². The summed E-state index contributed by atoms with van der Waals surface area (Å²) in [4.78, 5) is 11.2. The first-order valence-corrected chi connectivity index (χ1v) is 5.56. The Balaban J connectivity index is 2.42. The Kier molecular flexibility index (Phi) is 4.97. The Bertz CT molecular complexity index is 438. The van der Waals surface area contributed by atoms with Gasteiger partial charge in [0, 0.05) is 15.8 Å². The number of hydrogen-bond donors (Lipinski definition) is 2. The smallest absolute Gasteiger partial charge is 0.398 e. The monoisotopic (exact) mass is 326 g/mol. The Labute approximate surface area is 109 Å². The number of anilines is 2. The van der Waals surface area contributed by atoms with Gasteiger partial charge in [0.2, 0.25) is 5.91 Å². The van der Waals surface area contributed by atoms with Gasteiger partial charge in [-0.1, -0.05) is 0 Å². The molecule has 1 rings (SSSR count). The van der Waals surface area contributed by atoms with Crippen molar-refractivity contribution in [3.63, 3.8) is 0 Å². The summed E-state index contributed by atoms with van der Waals surface area (Å²) in [6, 6.07) is 4.65. The van der Waals surface area contributed by atoms with Crippen molar-refractivity contribution in [2.75, 3.05) is 24.3 Å². The lowest BCUT2D eigenvalue weighted by atomic mass is 10.3. The van der Waals surface area contributed by atoms with Gasteiger partial charge in [-0.25, -0.2) is 0 Å². The third kappa shape index (κ3) is 5.37. The second-order valence-corrected chi connectivity index (χ2v) is 4.25. The lowest BCUT2D eigenvalue weighted by molar-refractivity contribution is -0.174. The number of carbonyl (C=O) groups is 1. The molecule has 1 aromatic rings. The standard InChI is InChI=1S/C10H10BrF3N2O2/c11-7-2-1-6(3-8(7)15)16-9(17)4-18-5-10(12,13)14/h1-3H,4-5,15H2,(H,16,17). The van der Waals surface area contributed by atoms with Crippen LogP contribution >= 0.6 is 15.9 Å². The summed E-state index contributed by atoms with van der Waals surface area (Å²) in [5.74, 6) is -0.680.